The summed E-state index contributed by atoms with van der Waals surface area (Å²) in [5.41, 5.74) is 2.30. The molecule has 1 amide bonds. The topological polar surface area (TPSA) is 29.1 Å². The van der Waals surface area contributed by atoms with E-state index in [1.165, 1.54) is 11.3 Å². The van der Waals surface area contributed by atoms with Crippen molar-refractivity contribution in [3.8, 4) is 0 Å². The highest BCUT2D eigenvalue weighted by atomic mass is 35.5. The molecule has 1 fully saturated rings. The van der Waals surface area contributed by atoms with Crippen molar-refractivity contribution in [2.24, 2.45) is 0 Å². The largest absolute Gasteiger partial charge is 0.348 e. The first-order valence-electron chi connectivity index (χ1n) is 7.20. The zero-order valence-corrected chi connectivity index (χ0v) is 13.8. The van der Waals surface area contributed by atoms with Crippen molar-refractivity contribution in [2.45, 2.75) is 37.4 Å². The van der Waals surface area contributed by atoms with Crippen molar-refractivity contribution < 1.29 is 9.18 Å². The van der Waals surface area contributed by atoms with Crippen LogP contribution in [0.25, 0.3) is 10.1 Å². The highest BCUT2D eigenvalue weighted by molar-refractivity contribution is 7.17. The van der Waals surface area contributed by atoms with Crippen LogP contribution in [-0.2, 0) is 0 Å². The number of halogens is 2. The lowest BCUT2D eigenvalue weighted by molar-refractivity contribution is 0.0926. The van der Waals surface area contributed by atoms with Crippen LogP contribution in [0, 0.1) is 6.92 Å². The molecule has 2 aromatic rings. The molecule has 0 radical (unpaired) electrons. The van der Waals surface area contributed by atoms with Gasteiger partial charge in [0.2, 0.25) is 0 Å². The number of thiophene rings is 1. The third-order valence-electron chi connectivity index (χ3n) is 4.09. The van der Waals surface area contributed by atoms with Gasteiger partial charge >= 0.3 is 0 Å². The van der Waals surface area contributed by atoms with E-state index >= 15 is 0 Å². The highest BCUT2D eigenvalue weighted by Crippen LogP contribution is 2.31. The Kier molecular flexibility index (Phi) is 4.24. The minimum atomic E-state index is -1.10. The van der Waals surface area contributed by atoms with E-state index in [2.05, 4.69) is 18.0 Å². The number of rotatable bonds is 2. The number of allylic oxidation sites excluding steroid dienone is 1. The molecule has 2 nitrogen and oxygen atoms in total. The van der Waals surface area contributed by atoms with Gasteiger partial charge in [-0.15, -0.1) is 22.9 Å². The van der Waals surface area contributed by atoms with Crippen LogP contribution in [0.4, 0.5) is 4.39 Å². The van der Waals surface area contributed by atoms with Crippen LogP contribution in [0.3, 0.4) is 0 Å². The molecule has 3 atom stereocenters. The van der Waals surface area contributed by atoms with Crippen LogP contribution in [0.1, 0.15) is 28.8 Å². The van der Waals surface area contributed by atoms with E-state index in [-0.39, 0.29) is 23.7 Å². The van der Waals surface area contributed by atoms with Gasteiger partial charge in [0.05, 0.1) is 10.9 Å². The molecule has 116 valence electrons. The summed E-state index contributed by atoms with van der Waals surface area (Å²) >= 11 is 7.79. The van der Waals surface area contributed by atoms with Crippen molar-refractivity contribution in [2.75, 3.05) is 0 Å². The van der Waals surface area contributed by atoms with Crippen molar-refractivity contribution in [1.29, 1.82) is 0 Å². The molecule has 22 heavy (non-hydrogen) atoms. The van der Waals surface area contributed by atoms with E-state index < -0.39 is 6.17 Å². The standard InChI is InChI=1S/C17H17ClFNOS/c1-9-3-4-11-12(8-22-16(11)5-9)17(21)20-15-7-14(19)10(2)6-13(15)18/h3-5,8,13-15H,2,6-7H2,1H3,(H,20,21). The van der Waals surface area contributed by atoms with Crippen LogP contribution in [0.2, 0.25) is 0 Å². The summed E-state index contributed by atoms with van der Waals surface area (Å²) in [5.74, 6) is -0.189. The van der Waals surface area contributed by atoms with E-state index in [4.69, 9.17) is 11.6 Å². The summed E-state index contributed by atoms with van der Waals surface area (Å²) in [4.78, 5) is 12.5. The summed E-state index contributed by atoms with van der Waals surface area (Å²) in [7, 11) is 0. The monoisotopic (exact) mass is 337 g/mol. The van der Waals surface area contributed by atoms with Gasteiger partial charge in [-0.1, -0.05) is 18.7 Å². The number of aryl methyl sites for hydroxylation is 1. The number of nitrogens with one attached hydrogen (secondary N) is 1. The first-order chi connectivity index (χ1) is 10.5. The second kappa shape index (κ2) is 6.01. The van der Waals surface area contributed by atoms with Gasteiger partial charge < -0.3 is 5.32 Å². The number of amides is 1. The van der Waals surface area contributed by atoms with Crippen molar-refractivity contribution in [3.63, 3.8) is 0 Å². The molecule has 0 aliphatic heterocycles. The Bertz CT molecular complexity index is 741. The average molecular weight is 338 g/mol. The molecule has 0 saturated heterocycles. The number of hydrogen-bond acceptors (Lipinski definition) is 2. The molecule has 3 rings (SSSR count). The highest BCUT2D eigenvalue weighted by Gasteiger charge is 2.33. The Balaban J connectivity index is 1.80. The SMILES string of the molecule is C=C1CC(Cl)C(NC(=O)c2csc3cc(C)ccc23)CC1F. The molecule has 1 aromatic heterocycles. The summed E-state index contributed by atoms with van der Waals surface area (Å²) in [5, 5.41) is 5.35. The maximum Gasteiger partial charge on any atom is 0.253 e. The van der Waals surface area contributed by atoms with E-state index in [1.807, 2.05) is 24.4 Å². The zero-order chi connectivity index (χ0) is 15.9. The molecule has 3 unspecified atom stereocenters. The fraction of sp³-hybridized carbons (Fsp3) is 0.353. The quantitative estimate of drug-likeness (QED) is 0.629. The van der Waals surface area contributed by atoms with Crippen LogP contribution >= 0.6 is 22.9 Å². The molecule has 5 heteroatoms. The van der Waals surface area contributed by atoms with Crippen molar-refractivity contribution in [3.05, 3.63) is 46.9 Å². The number of carbonyl (C=O) groups is 1. The second-order valence-corrected chi connectivity index (χ2v) is 7.28. The summed E-state index contributed by atoms with van der Waals surface area (Å²) < 4.78 is 14.9. The lowest BCUT2D eigenvalue weighted by Gasteiger charge is -2.31. The molecule has 1 aliphatic carbocycles. The van der Waals surface area contributed by atoms with Crippen LogP contribution < -0.4 is 5.32 Å². The zero-order valence-electron chi connectivity index (χ0n) is 12.2. The van der Waals surface area contributed by atoms with Crippen molar-refractivity contribution >= 4 is 38.9 Å². The molecule has 1 heterocycles. The minimum Gasteiger partial charge on any atom is -0.348 e. The third-order valence-corrected chi connectivity index (χ3v) is 5.49. The number of carbonyl (C=O) groups excluding carboxylic acids is 1. The van der Waals surface area contributed by atoms with E-state index in [1.54, 1.807) is 0 Å². The predicted octanol–water partition coefficient (Wildman–Crippen LogP) is 4.60. The Morgan fingerprint density at radius 1 is 1.50 bits per heavy atom. The van der Waals surface area contributed by atoms with Gasteiger partial charge in [0.1, 0.15) is 6.17 Å². The first kappa shape index (κ1) is 15.5. The number of alkyl halides is 2. The van der Waals surface area contributed by atoms with E-state index in [0.717, 1.165) is 15.6 Å². The van der Waals surface area contributed by atoms with Crippen LogP contribution in [0.15, 0.2) is 35.7 Å². The molecular weight excluding hydrogens is 321 g/mol. The van der Waals surface area contributed by atoms with Gasteiger partial charge in [0.25, 0.3) is 5.91 Å². The lowest BCUT2D eigenvalue weighted by Crippen LogP contribution is -2.46. The fourth-order valence-electron chi connectivity index (χ4n) is 2.76. The number of hydrogen-bond donors (Lipinski definition) is 1. The molecule has 0 bridgehead atoms. The maximum absolute atomic E-state index is 13.8. The summed E-state index contributed by atoms with van der Waals surface area (Å²) in [6.07, 6.45) is -0.501. The predicted molar refractivity (Wildman–Crippen MR) is 90.7 cm³/mol. The van der Waals surface area contributed by atoms with Gasteiger partial charge in [-0.25, -0.2) is 4.39 Å². The number of benzene rings is 1. The maximum atomic E-state index is 13.8. The van der Waals surface area contributed by atoms with Gasteiger partial charge in [0.15, 0.2) is 0 Å². The van der Waals surface area contributed by atoms with Gasteiger partial charge in [-0.3, -0.25) is 4.79 Å². The Hall–Kier alpha value is -1.39. The smallest absolute Gasteiger partial charge is 0.253 e. The van der Waals surface area contributed by atoms with Gasteiger partial charge in [0, 0.05) is 27.9 Å². The average Bonchev–Trinajstić information content (AvgIpc) is 2.87. The Morgan fingerprint density at radius 2 is 2.27 bits per heavy atom. The van der Waals surface area contributed by atoms with Crippen LogP contribution in [0.5, 0.6) is 0 Å². The van der Waals surface area contributed by atoms with Gasteiger partial charge in [-0.2, -0.15) is 0 Å². The lowest BCUT2D eigenvalue weighted by atomic mass is 9.89. The summed E-state index contributed by atoms with van der Waals surface area (Å²) in [6, 6.07) is 5.63. The Morgan fingerprint density at radius 3 is 3.05 bits per heavy atom. The van der Waals surface area contributed by atoms with Gasteiger partial charge in [-0.05, 0) is 30.5 Å². The number of fused-ring (bicyclic) bond motifs is 1. The molecule has 1 saturated carbocycles. The molecule has 0 spiro atoms. The minimum absolute atomic E-state index is 0.189. The third kappa shape index (κ3) is 2.90. The molecule has 1 aliphatic rings. The second-order valence-electron chi connectivity index (χ2n) is 5.81. The van der Waals surface area contributed by atoms with Crippen LogP contribution in [-0.4, -0.2) is 23.5 Å². The van der Waals surface area contributed by atoms with Crippen molar-refractivity contribution in [1.82, 2.24) is 5.32 Å². The molecule has 1 N–H and O–H groups in total. The summed E-state index contributed by atoms with van der Waals surface area (Å²) in [6.45, 7) is 5.71. The van der Waals surface area contributed by atoms with E-state index in [0.29, 0.717) is 17.6 Å². The van der Waals surface area contributed by atoms with E-state index in [9.17, 15) is 9.18 Å². The molecule has 1 aromatic carbocycles. The first-order valence-corrected chi connectivity index (χ1v) is 8.52. The Labute approximate surface area is 138 Å². The molecular formula is C17H17ClFNOS. The normalized spacial score (nSPS) is 25.4. The fourth-order valence-corrected chi connectivity index (χ4v) is 4.17.